The summed E-state index contributed by atoms with van der Waals surface area (Å²) >= 11 is 1.75. The van der Waals surface area contributed by atoms with Crippen molar-refractivity contribution in [2.75, 3.05) is 12.4 Å². The lowest BCUT2D eigenvalue weighted by atomic mass is 9.71. The Hall–Kier alpha value is -2.01. The van der Waals surface area contributed by atoms with Gasteiger partial charge in [0.1, 0.15) is 0 Å². The number of thiophene rings is 1. The van der Waals surface area contributed by atoms with Crippen LogP contribution in [0.2, 0.25) is 0 Å². The maximum atomic E-state index is 12.4. The third kappa shape index (κ3) is 3.22. The number of carbonyl (C=O) groups excluding carboxylic acids is 1. The molecule has 1 aromatic carbocycles. The SMILES string of the molecule is COc1ccc([C@H]2CC(=O)Nc3sc4c(c32)CC[C@@H](C(C)(C)C)C4)cc1O. The minimum Gasteiger partial charge on any atom is -0.504 e. The fourth-order valence-corrected chi connectivity index (χ4v) is 5.89. The van der Waals surface area contributed by atoms with Crippen LogP contribution in [0.3, 0.4) is 0 Å². The third-order valence-corrected chi connectivity index (χ3v) is 7.31. The molecule has 1 aromatic heterocycles. The molecule has 144 valence electrons. The fraction of sp³-hybridized carbons (Fsp3) is 0.500. The number of ether oxygens (including phenoxy) is 1. The van der Waals surface area contributed by atoms with Gasteiger partial charge in [0, 0.05) is 17.2 Å². The standard InChI is InChI=1S/C22H27NO3S/c1-22(2,3)13-6-7-14-18(10-13)27-21-20(14)15(11-19(25)23-21)12-5-8-17(26-4)16(24)9-12/h5,8-9,13,15,24H,6-7,10-11H2,1-4H3,(H,23,25)/t13-,15-/m1/s1. The molecule has 0 saturated heterocycles. The monoisotopic (exact) mass is 385 g/mol. The Kier molecular flexibility index (Phi) is 4.46. The van der Waals surface area contributed by atoms with Crippen LogP contribution >= 0.6 is 11.3 Å². The molecule has 1 aliphatic heterocycles. The van der Waals surface area contributed by atoms with E-state index in [0.717, 1.165) is 23.4 Å². The van der Waals surface area contributed by atoms with Crippen LogP contribution in [0.4, 0.5) is 5.00 Å². The van der Waals surface area contributed by atoms with Crippen molar-refractivity contribution >= 4 is 22.2 Å². The maximum absolute atomic E-state index is 12.4. The van der Waals surface area contributed by atoms with Gasteiger partial charge in [-0.05, 0) is 59.4 Å². The van der Waals surface area contributed by atoms with Crippen molar-refractivity contribution in [2.24, 2.45) is 11.3 Å². The van der Waals surface area contributed by atoms with Crippen LogP contribution in [0, 0.1) is 11.3 Å². The first kappa shape index (κ1) is 18.4. The van der Waals surface area contributed by atoms with Crippen LogP contribution in [0.5, 0.6) is 11.5 Å². The quantitative estimate of drug-likeness (QED) is 0.757. The summed E-state index contributed by atoms with van der Waals surface area (Å²) in [6.45, 7) is 6.96. The zero-order chi connectivity index (χ0) is 19.3. The van der Waals surface area contributed by atoms with Crippen molar-refractivity contribution < 1.29 is 14.6 Å². The zero-order valence-electron chi connectivity index (χ0n) is 16.4. The van der Waals surface area contributed by atoms with Crippen LogP contribution in [0.15, 0.2) is 18.2 Å². The predicted molar refractivity (Wildman–Crippen MR) is 109 cm³/mol. The number of hydrogen-bond donors (Lipinski definition) is 2. The second-order valence-electron chi connectivity index (χ2n) is 8.79. The molecule has 1 aliphatic carbocycles. The van der Waals surface area contributed by atoms with E-state index < -0.39 is 0 Å². The lowest BCUT2D eigenvalue weighted by Gasteiger charge is -2.34. The molecule has 2 aromatic rings. The molecule has 2 heterocycles. The van der Waals surface area contributed by atoms with Gasteiger partial charge in [0.25, 0.3) is 0 Å². The van der Waals surface area contributed by atoms with Gasteiger partial charge in [0.05, 0.1) is 12.1 Å². The number of aromatic hydroxyl groups is 1. The van der Waals surface area contributed by atoms with E-state index in [1.54, 1.807) is 30.6 Å². The topological polar surface area (TPSA) is 58.6 Å². The van der Waals surface area contributed by atoms with Gasteiger partial charge < -0.3 is 15.2 Å². The van der Waals surface area contributed by atoms with E-state index in [9.17, 15) is 9.90 Å². The van der Waals surface area contributed by atoms with Crippen LogP contribution in [-0.4, -0.2) is 18.1 Å². The highest BCUT2D eigenvalue weighted by molar-refractivity contribution is 7.16. The van der Waals surface area contributed by atoms with Gasteiger partial charge in [-0.15, -0.1) is 11.3 Å². The Balaban J connectivity index is 1.76. The van der Waals surface area contributed by atoms with E-state index in [0.29, 0.717) is 23.5 Å². The summed E-state index contributed by atoms with van der Waals surface area (Å²) in [5, 5.41) is 14.3. The van der Waals surface area contributed by atoms with Crippen LogP contribution in [0.25, 0.3) is 0 Å². The summed E-state index contributed by atoms with van der Waals surface area (Å²) in [4.78, 5) is 13.8. The number of phenols is 1. The maximum Gasteiger partial charge on any atom is 0.225 e. The van der Waals surface area contributed by atoms with Crippen molar-refractivity contribution in [2.45, 2.75) is 52.4 Å². The zero-order valence-corrected chi connectivity index (χ0v) is 17.2. The summed E-state index contributed by atoms with van der Waals surface area (Å²) in [6, 6.07) is 5.50. The van der Waals surface area contributed by atoms with Crippen molar-refractivity contribution in [1.29, 1.82) is 0 Å². The predicted octanol–water partition coefficient (Wildman–Crippen LogP) is 5.09. The Morgan fingerprint density at radius 3 is 2.70 bits per heavy atom. The molecule has 27 heavy (non-hydrogen) atoms. The molecular weight excluding hydrogens is 358 g/mol. The number of phenolic OH excluding ortho intramolecular Hbond substituents is 1. The molecule has 0 fully saturated rings. The van der Waals surface area contributed by atoms with E-state index in [2.05, 4.69) is 26.1 Å². The minimum atomic E-state index is -0.00302. The molecule has 0 spiro atoms. The number of benzene rings is 1. The highest BCUT2D eigenvalue weighted by Gasteiger charge is 2.37. The number of anilines is 1. The highest BCUT2D eigenvalue weighted by Crippen LogP contribution is 2.50. The Morgan fingerprint density at radius 1 is 1.26 bits per heavy atom. The van der Waals surface area contributed by atoms with Gasteiger partial charge >= 0.3 is 0 Å². The lowest BCUT2D eigenvalue weighted by molar-refractivity contribution is -0.116. The molecular formula is C22H27NO3S. The van der Waals surface area contributed by atoms with Crippen molar-refractivity contribution in [3.8, 4) is 11.5 Å². The largest absolute Gasteiger partial charge is 0.504 e. The third-order valence-electron chi connectivity index (χ3n) is 6.13. The Morgan fingerprint density at radius 2 is 2.04 bits per heavy atom. The van der Waals surface area contributed by atoms with Crippen LogP contribution < -0.4 is 10.1 Å². The number of rotatable bonds is 2. The smallest absolute Gasteiger partial charge is 0.225 e. The molecule has 0 radical (unpaired) electrons. The van der Waals surface area contributed by atoms with Gasteiger partial charge in [-0.1, -0.05) is 26.8 Å². The van der Waals surface area contributed by atoms with Crippen molar-refractivity contribution in [3.63, 3.8) is 0 Å². The summed E-state index contributed by atoms with van der Waals surface area (Å²) in [7, 11) is 1.54. The minimum absolute atomic E-state index is 0.00302. The first-order chi connectivity index (χ1) is 12.8. The number of amides is 1. The van der Waals surface area contributed by atoms with Gasteiger partial charge in [-0.3, -0.25) is 4.79 Å². The Bertz CT molecular complexity index is 894. The van der Waals surface area contributed by atoms with Crippen molar-refractivity contribution in [1.82, 2.24) is 0 Å². The summed E-state index contributed by atoms with van der Waals surface area (Å²) in [5.41, 5.74) is 3.97. The molecule has 5 heteroatoms. The Labute approximate surface area is 164 Å². The fourth-order valence-electron chi connectivity index (χ4n) is 4.48. The average molecular weight is 386 g/mol. The van der Waals surface area contributed by atoms with Crippen LogP contribution in [0.1, 0.15) is 61.1 Å². The van der Waals surface area contributed by atoms with Gasteiger partial charge in [-0.25, -0.2) is 0 Å². The molecule has 2 atom stereocenters. The normalized spacial score (nSPS) is 22.0. The second-order valence-corrected chi connectivity index (χ2v) is 9.89. The second kappa shape index (κ2) is 6.55. The van der Waals surface area contributed by atoms with E-state index in [1.165, 1.54) is 22.4 Å². The van der Waals surface area contributed by atoms with Gasteiger partial charge in [-0.2, -0.15) is 0 Å². The number of nitrogens with one attached hydrogen (secondary N) is 1. The number of methoxy groups -OCH3 is 1. The van der Waals surface area contributed by atoms with Gasteiger partial charge in [0.2, 0.25) is 5.91 Å². The lowest BCUT2D eigenvalue weighted by Crippen LogP contribution is -2.27. The first-order valence-corrected chi connectivity index (χ1v) is 10.4. The number of fused-ring (bicyclic) bond motifs is 3. The average Bonchev–Trinajstić information content (AvgIpc) is 2.97. The molecule has 0 unspecified atom stereocenters. The highest BCUT2D eigenvalue weighted by atomic mass is 32.1. The summed E-state index contributed by atoms with van der Waals surface area (Å²) in [5.74, 6) is 1.30. The molecule has 0 saturated carbocycles. The molecule has 4 nitrogen and oxygen atoms in total. The van der Waals surface area contributed by atoms with Crippen molar-refractivity contribution in [3.05, 3.63) is 39.8 Å². The molecule has 2 aliphatic rings. The van der Waals surface area contributed by atoms with E-state index in [1.807, 2.05) is 6.07 Å². The van der Waals surface area contributed by atoms with E-state index >= 15 is 0 Å². The first-order valence-electron chi connectivity index (χ1n) is 9.59. The van der Waals surface area contributed by atoms with Crippen LogP contribution in [-0.2, 0) is 17.6 Å². The molecule has 2 N–H and O–H groups in total. The summed E-state index contributed by atoms with van der Waals surface area (Å²) < 4.78 is 5.17. The molecule has 1 amide bonds. The summed E-state index contributed by atoms with van der Waals surface area (Å²) in [6.07, 6.45) is 3.77. The van der Waals surface area contributed by atoms with Gasteiger partial charge in [0.15, 0.2) is 11.5 Å². The van der Waals surface area contributed by atoms with E-state index in [4.69, 9.17) is 4.74 Å². The number of hydrogen-bond acceptors (Lipinski definition) is 4. The number of carbonyl (C=O) groups is 1. The molecule has 4 rings (SSSR count). The van der Waals surface area contributed by atoms with E-state index in [-0.39, 0.29) is 17.6 Å². The molecule has 0 bridgehead atoms.